The fraction of sp³-hybridized carbons (Fsp3) is 0.222. The molecule has 0 saturated heterocycles. The molecule has 0 unspecified atom stereocenters. The van der Waals surface area contributed by atoms with Gasteiger partial charge in [0.15, 0.2) is 0 Å². The van der Waals surface area contributed by atoms with Crippen LogP contribution in [-0.2, 0) is 12.8 Å². The summed E-state index contributed by atoms with van der Waals surface area (Å²) in [7, 11) is 0. The van der Waals surface area contributed by atoms with Crippen molar-refractivity contribution < 1.29 is 18.3 Å². The third kappa shape index (κ3) is 1.86. The van der Waals surface area contributed by atoms with E-state index in [-0.39, 0.29) is 5.56 Å². The van der Waals surface area contributed by atoms with E-state index in [0.29, 0.717) is 0 Å². The van der Waals surface area contributed by atoms with Gasteiger partial charge in [0.05, 0.1) is 17.7 Å². The van der Waals surface area contributed by atoms with E-state index in [9.17, 15) is 13.2 Å². The molecule has 0 heterocycles. The smallest absolute Gasteiger partial charge is 0.392 e. The van der Waals surface area contributed by atoms with Gasteiger partial charge in [0.25, 0.3) is 0 Å². The Morgan fingerprint density at radius 2 is 2.00 bits per heavy atom. The van der Waals surface area contributed by atoms with E-state index in [0.717, 1.165) is 12.1 Å². The largest absolute Gasteiger partial charge is 0.417 e. The van der Waals surface area contributed by atoms with Crippen LogP contribution in [0.5, 0.6) is 0 Å². The number of aliphatic hydroxyl groups excluding tert-OH is 1. The van der Waals surface area contributed by atoms with Crippen LogP contribution in [0.2, 0.25) is 0 Å². The Bertz CT molecular complexity index is 379. The van der Waals surface area contributed by atoms with Gasteiger partial charge in [0.2, 0.25) is 0 Å². The van der Waals surface area contributed by atoms with Crippen molar-refractivity contribution in [2.75, 3.05) is 0 Å². The Morgan fingerprint density at radius 1 is 1.36 bits per heavy atom. The topological polar surface area (TPSA) is 44.0 Å². The number of hydrogen-bond acceptors (Lipinski definition) is 2. The Hall–Kier alpha value is -1.54. The van der Waals surface area contributed by atoms with Crippen molar-refractivity contribution in [1.29, 1.82) is 5.26 Å². The van der Waals surface area contributed by atoms with Gasteiger partial charge < -0.3 is 5.11 Å². The number of benzene rings is 1. The van der Waals surface area contributed by atoms with E-state index in [4.69, 9.17) is 10.4 Å². The highest BCUT2D eigenvalue weighted by atomic mass is 19.4. The Morgan fingerprint density at radius 3 is 2.43 bits per heavy atom. The zero-order valence-corrected chi connectivity index (χ0v) is 6.97. The van der Waals surface area contributed by atoms with E-state index in [1.54, 1.807) is 0 Å². The van der Waals surface area contributed by atoms with Crippen molar-refractivity contribution in [1.82, 2.24) is 0 Å². The third-order valence-electron chi connectivity index (χ3n) is 1.74. The molecule has 14 heavy (non-hydrogen) atoms. The predicted octanol–water partition coefficient (Wildman–Crippen LogP) is 2.07. The summed E-state index contributed by atoms with van der Waals surface area (Å²) in [6, 6.07) is 4.71. The van der Waals surface area contributed by atoms with Gasteiger partial charge >= 0.3 is 6.18 Å². The monoisotopic (exact) mass is 201 g/mol. The van der Waals surface area contributed by atoms with Crippen LogP contribution in [-0.4, -0.2) is 5.11 Å². The molecule has 0 spiro atoms. The minimum absolute atomic E-state index is 0.0117. The lowest BCUT2D eigenvalue weighted by atomic mass is 10.0. The zero-order chi connectivity index (χ0) is 10.8. The van der Waals surface area contributed by atoms with E-state index in [1.165, 1.54) is 12.1 Å². The van der Waals surface area contributed by atoms with Crippen molar-refractivity contribution in [2.45, 2.75) is 12.8 Å². The van der Waals surface area contributed by atoms with Gasteiger partial charge in [-0.3, -0.25) is 0 Å². The molecular weight excluding hydrogens is 195 g/mol. The fourth-order valence-electron chi connectivity index (χ4n) is 1.10. The molecule has 0 bridgehead atoms. The number of aliphatic hydroxyl groups is 1. The van der Waals surface area contributed by atoms with Gasteiger partial charge in [-0.15, -0.1) is 0 Å². The average molecular weight is 201 g/mol. The SMILES string of the molecule is N#Cc1c(CO)cccc1C(F)(F)F. The summed E-state index contributed by atoms with van der Waals surface area (Å²) < 4.78 is 37.0. The summed E-state index contributed by atoms with van der Waals surface area (Å²) in [6.07, 6.45) is -4.56. The van der Waals surface area contributed by atoms with Gasteiger partial charge in [0.1, 0.15) is 6.07 Å². The molecule has 5 heteroatoms. The molecular formula is C9H6F3NO. The van der Waals surface area contributed by atoms with Crippen LogP contribution in [0.25, 0.3) is 0 Å². The number of halogens is 3. The van der Waals surface area contributed by atoms with Gasteiger partial charge in [-0.1, -0.05) is 12.1 Å². The van der Waals surface area contributed by atoms with Crippen molar-refractivity contribution >= 4 is 0 Å². The molecule has 0 atom stereocenters. The summed E-state index contributed by atoms with van der Waals surface area (Å²) in [5.74, 6) is 0. The van der Waals surface area contributed by atoms with Gasteiger partial charge in [-0.2, -0.15) is 18.4 Å². The van der Waals surface area contributed by atoms with E-state index in [1.807, 2.05) is 0 Å². The lowest BCUT2D eigenvalue weighted by molar-refractivity contribution is -0.137. The van der Waals surface area contributed by atoms with Crippen molar-refractivity contribution in [3.8, 4) is 6.07 Å². The molecule has 1 N–H and O–H groups in total. The maximum atomic E-state index is 12.3. The molecule has 0 amide bonds. The maximum absolute atomic E-state index is 12.3. The van der Waals surface area contributed by atoms with Crippen molar-refractivity contribution in [3.63, 3.8) is 0 Å². The molecule has 74 valence electrons. The zero-order valence-electron chi connectivity index (χ0n) is 6.97. The molecule has 0 saturated carbocycles. The fourth-order valence-corrected chi connectivity index (χ4v) is 1.10. The first-order valence-corrected chi connectivity index (χ1v) is 3.70. The second-order valence-corrected chi connectivity index (χ2v) is 2.61. The summed E-state index contributed by atoms with van der Waals surface area (Å²) in [5, 5.41) is 17.3. The molecule has 0 aliphatic rings. The molecule has 2 nitrogen and oxygen atoms in total. The predicted molar refractivity (Wildman–Crippen MR) is 42.1 cm³/mol. The first-order chi connectivity index (χ1) is 6.50. The van der Waals surface area contributed by atoms with E-state index in [2.05, 4.69) is 0 Å². The lowest BCUT2D eigenvalue weighted by Crippen LogP contribution is -2.09. The van der Waals surface area contributed by atoms with Crippen LogP contribution >= 0.6 is 0 Å². The number of nitrogens with zero attached hydrogens (tertiary/aromatic N) is 1. The Kier molecular flexibility index (Phi) is 2.77. The molecule has 0 aliphatic carbocycles. The Labute approximate surface area is 78.2 Å². The van der Waals surface area contributed by atoms with Crippen LogP contribution < -0.4 is 0 Å². The molecule has 0 aromatic heterocycles. The third-order valence-corrected chi connectivity index (χ3v) is 1.74. The number of hydrogen-bond donors (Lipinski definition) is 1. The van der Waals surface area contributed by atoms with Crippen LogP contribution in [0.3, 0.4) is 0 Å². The van der Waals surface area contributed by atoms with Crippen molar-refractivity contribution in [3.05, 3.63) is 34.9 Å². The second kappa shape index (κ2) is 3.68. The normalized spacial score (nSPS) is 11.1. The van der Waals surface area contributed by atoms with Crippen LogP contribution in [0.4, 0.5) is 13.2 Å². The minimum atomic E-state index is -4.56. The molecule has 1 aromatic carbocycles. The first-order valence-electron chi connectivity index (χ1n) is 3.70. The summed E-state index contributed by atoms with van der Waals surface area (Å²) in [6.45, 7) is -0.577. The minimum Gasteiger partial charge on any atom is -0.392 e. The van der Waals surface area contributed by atoms with Crippen LogP contribution in [0.1, 0.15) is 16.7 Å². The summed E-state index contributed by atoms with van der Waals surface area (Å²) in [5.41, 5.74) is -1.53. The van der Waals surface area contributed by atoms with Crippen molar-refractivity contribution in [2.24, 2.45) is 0 Å². The molecule has 1 aromatic rings. The van der Waals surface area contributed by atoms with Gasteiger partial charge in [-0.05, 0) is 11.6 Å². The summed E-state index contributed by atoms with van der Waals surface area (Å²) >= 11 is 0. The highest BCUT2D eigenvalue weighted by molar-refractivity contribution is 5.45. The highest BCUT2D eigenvalue weighted by Crippen LogP contribution is 2.32. The average Bonchev–Trinajstić information content (AvgIpc) is 2.15. The molecule has 0 fully saturated rings. The lowest BCUT2D eigenvalue weighted by Gasteiger charge is -2.10. The molecule has 0 aliphatic heterocycles. The van der Waals surface area contributed by atoms with Gasteiger partial charge in [-0.25, -0.2) is 0 Å². The second-order valence-electron chi connectivity index (χ2n) is 2.61. The number of nitriles is 1. The van der Waals surface area contributed by atoms with Crippen LogP contribution in [0.15, 0.2) is 18.2 Å². The maximum Gasteiger partial charge on any atom is 0.417 e. The number of alkyl halides is 3. The van der Waals surface area contributed by atoms with E-state index >= 15 is 0 Å². The summed E-state index contributed by atoms with van der Waals surface area (Å²) in [4.78, 5) is 0. The standard InChI is InChI=1S/C9H6F3NO/c10-9(11,12)8-3-1-2-6(5-14)7(8)4-13/h1-3,14H,5H2. The van der Waals surface area contributed by atoms with E-state index < -0.39 is 23.9 Å². The van der Waals surface area contributed by atoms with Gasteiger partial charge in [0, 0.05) is 0 Å². The number of rotatable bonds is 1. The molecule has 0 radical (unpaired) electrons. The molecule has 1 rings (SSSR count). The highest BCUT2D eigenvalue weighted by Gasteiger charge is 2.34. The Balaban J connectivity index is 3.39. The first kappa shape index (κ1) is 10.5. The van der Waals surface area contributed by atoms with Crippen LogP contribution in [0, 0.1) is 11.3 Å². The quantitative estimate of drug-likeness (QED) is 0.755.